The highest BCUT2D eigenvalue weighted by atomic mass is 35.5. The van der Waals surface area contributed by atoms with Gasteiger partial charge in [-0.1, -0.05) is 31.5 Å². The predicted octanol–water partition coefficient (Wildman–Crippen LogP) is 3.17. The lowest BCUT2D eigenvalue weighted by Gasteiger charge is -1.96. The van der Waals surface area contributed by atoms with Gasteiger partial charge in [-0.15, -0.1) is 0 Å². The molecule has 1 aliphatic rings. The van der Waals surface area contributed by atoms with E-state index in [1.54, 1.807) is 0 Å². The summed E-state index contributed by atoms with van der Waals surface area (Å²) in [5.74, 6) is 0.174. The Morgan fingerprint density at radius 1 is 1.42 bits per heavy atom. The standard InChI is InChI=1S/C9H12Cl2O/c1-5(10)4-6-7(8(11)12)9(6,2)3/h4,6-7H,1-3H3/b5-4-/t6-,7+/m0/s1. The third kappa shape index (κ3) is 1.67. The Labute approximate surface area is 82.7 Å². The zero-order valence-electron chi connectivity index (χ0n) is 7.40. The van der Waals surface area contributed by atoms with E-state index in [2.05, 4.69) is 0 Å². The van der Waals surface area contributed by atoms with Crippen molar-refractivity contribution >= 4 is 28.4 Å². The summed E-state index contributed by atoms with van der Waals surface area (Å²) in [6.07, 6.45) is 1.91. The fourth-order valence-electron chi connectivity index (χ4n) is 1.67. The number of allylic oxidation sites excluding steroid dienone is 2. The zero-order chi connectivity index (χ0) is 9.52. The lowest BCUT2D eigenvalue weighted by molar-refractivity contribution is -0.113. The van der Waals surface area contributed by atoms with Crippen LogP contribution in [0.2, 0.25) is 0 Å². The summed E-state index contributed by atoms with van der Waals surface area (Å²) in [4.78, 5) is 10.9. The largest absolute Gasteiger partial charge is 0.281 e. The van der Waals surface area contributed by atoms with E-state index in [4.69, 9.17) is 23.2 Å². The van der Waals surface area contributed by atoms with Gasteiger partial charge in [0.2, 0.25) is 5.24 Å². The second kappa shape index (κ2) is 3.04. The molecular formula is C9H12Cl2O. The van der Waals surface area contributed by atoms with Gasteiger partial charge in [-0.2, -0.15) is 0 Å². The molecule has 12 heavy (non-hydrogen) atoms. The van der Waals surface area contributed by atoms with Crippen LogP contribution < -0.4 is 0 Å². The first-order valence-electron chi connectivity index (χ1n) is 3.90. The summed E-state index contributed by atoms with van der Waals surface area (Å²) in [6.45, 7) is 5.86. The molecule has 0 radical (unpaired) electrons. The molecule has 0 N–H and O–H groups in total. The molecule has 2 atom stereocenters. The van der Waals surface area contributed by atoms with Crippen molar-refractivity contribution in [2.24, 2.45) is 17.3 Å². The number of carbonyl (C=O) groups excluding carboxylic acids is 1. The van der Waals surface area contributed by atoms with Gasteiger partial charge in [-0.3, -0.25) is 4.79 Å². The summed E-state index contributed by atoms with van der Waals surface area (Å²) in [7, 11) is 0. The van der Waals surface area contributed by atoms with Crippen molar-refractivity contribution in [3.05, 3.63) is 11.1 Å². The molecule has 0 aliphatic heterocycles. The molecule has 0 heterocycles. The van der Waals surface area contributed by atoms with Gasteiger partial charge >= 0.3 is 0 Å². The summed E-state index contributed by atoms with van der Waals surface area (Å²) >= 11 is 11.1. The quantitative estimate of drug-likeness (QED) is 0.635. The Balaban J connectivity index is 2.73. The van der Waals surface area contributed by atoms with E-state index in [1.807, 2.05) is 26.8 Å². The molecule has 1 rings (SSSR count). The lowest BCUT2D eigenvalue weighted by Crippen LogP contribution is -1.96. The van der Waals surface area contributed by atoms with E-state index in [9.17, 15) is 4.79 Å². The minimum Gasteiger partial charge on any atom is -0.281 e. The molecule has 0 spiro atoms. The molecule has 0 aromatic carbocycles. The van der Waals surface area contributed by atoms with Crippen molar-refractivity contribution in [3.8, 4) is 0 Å². The minimum atomic E-state index is -0.251. The lowest BCUT2D eigenvalue weighted by atomic mass is 10.1. The van der Waals surface area contributed by atoms with E-state index in [1.165, 1.54) is 0 Å². The molecule has 0 aromatic heterocycles. The van der Waals surface area contributed by atoms with Gasteiger partial charge in [0.15, 0.2) is 0 Å². The van der Waals surface area contributed by atoms with Crippen LogP contribution in [0.4, 0.5) is 0 Å². The van der Waals surface area contributed by atoms with E-state index in [0.29, 0.717) is 0 Å². The maximum Gasteiger partial charge on any atom is 0.225 e. The van der Waals surface area contributed by atoms with Crippen molar-refractivity contribution in [2.75, 3.05) is 0 Å². The van der Waals surface area contributed by atoms with Crippen molar-refractivity contribution in [2.45, 2.75) is 20.8 Å². The Bertz CT molecular complexity index is 239. The maximum atomic E-state index is 10.9. The molecule has 0 bridgehead atoms. The predicted molar refractivity (Wildman–Crippen MR) is 51.2 cm³/mol. The maximum absolute atomic E-state index is 10.9. The van der Waals surface area contributed by atoms with Crippen LogP contribution in [0, 0.1) is 17.3 Å². The average molecular weight is 207 g/mol. The third-order valence-corrected chi connectivity index (χ3v) is 2.93. The summed E-state index contributed by atoms with van der Waals surface area (Å²) in [5, 5.41) is 0.479. The van der Waals surface area contributed by atoms with Gasteiger partial charge in [0, 0.05) is 11.0 Å². The SMILES string of the molecule is C/C(Cl)=C/[C@H]1[C@H](C(=O)Cl)C1(C)C. The van der Waals surface area contributed by atoms with Gasteiger partial charge in [-0.25, -0.2) is 0 Å². The van der Waals surface area contributed by atoms with Gasteiger partial charge in [-0.05, 0) is 29.9 Å². The van der Waals surface area contributed by atoms with Crippen LogP contribution in [-0.4, -0.2) is 5.24 Å². The zero-order valence-corrected chi connectivity index (χ0v) is 8.91. The van der Waals surface area contributed by atoms with Crippen LogP contribution in [0.1, 0.15) is 20.8 Å². The number of hydrogen-bond acceptors (Lipinski definition) is 1. The topological polar surface area (TPSA) is 17.1 Å². The van der Waals surface area contributed by atoms with Crippen LogP contribution in [0.5, 0.6) is 0 Å². The first-order valence-corrected chi connectivity index (χ1v) is 4.66. The first-order chi connectivity index (χ1) is 5.37. The van der Waals surface area contributed by atoms with Crippen LogP contribution in [0.3, 0.4) is 0 Å². The van der Waals surface area contributed by atoms with Crippen LogP contribution in [-0.2, 0) is 4.79 Å². The smallest absolute Gasteiger partial charge is 0.225 e. The highest BCUT2D eigenvalue weighted by Crippen LogP contribution is 2.60. The minimum absolute atomic E-state index is 0.00498. The van der Waals surface area contributed by atoms with Crippen molar-refractivity contribution < 1.29 is 4.79 Å². The molecule has 0 saturated heterocycles. The Morgan fingerprint density at radius 2 is 1.92 bits per heavy atom. The second-order valence-corrected chi connectivity index (χ2v) is 4.85. The van der Waals surface area contributed by atoms with Gasteiger partial charge in [0.1, 0.15) is 0 Å². The van der Waals surface area contributed by atoms with Crippen LogP contribution in [0.25, 0.3) is 0 Å². The van der Waals surface area contributed by atoms with Gasteiger partial charge in [0.05, 0.1) is 0 Å². The van der Waals surface area contributed by atoms with Gasteiger partial charge < -0.3 is 0 Å². The Morgan fingerprint density at radius 3 is 2.17 bits per heavy atom. The number of halogens is 2. The number of hydrogen-bond donors (Lipinski definition) is 0. The molecule has 1 aliphatic carbocycles. The molecule has 1 saturated carbocycles. The van der Waals surface area contributed by atoms with Crippen LogP contribution in [0.15, 0.2) is 11.1 Å². The number of rotatable bonds is 2. The van der Waals surface area contributed by atoms with E-state index >= 15 is 0 Å². The molecular weight excluding hydrogens is 195 g/mol. The Kier molecular flexibility index (Phi) is 2.55. The number of carbonyl (C=O) groups is 1. The normalized spacial score (nSPS) is 33.2. The summed E-state index contributed by atoms with van der Waals surface area (Å²) in [5.41, 5.74) is -0.00498. The van der Waals surface area contributed by atoms with E-state index in [0.717, 1.165) is 5.03 Å². The molecule has 68 valence electrons. The van der Waals surface area contributed by atoms with Crippen LogP contribution >= 0.6 is 23.2 Å². The molecule has 3 heteroatoms. The van der Waals surface area contributed by atoms with E-state index in [-0.39, 0.29) is 22.5 Å². The van der Waals surface area contributed by atoms with Gasteiger partial charge in [0.25, 0.3) is 0 Å². The Hall–Kier alpha value is -0.0100. The van der Waals surface area contributed by atoms with Crippen molar-refractivity contribution in [1.29, 1.82) is 0 Å². The molecule has 0 amide bonds. The monoisotopic (exact) mass is 206 g/mol. The first kappa shape index (κ1) is 10.1. The summed E-state index contributed by atoms with van der Waals surface area (Å²) in [6, 6.07) is 0. The highest BCUT2D eigenvalue weighted by molar-refractivity contribution is 6.64. The molecule has 0 aromatic rings. The van der Waals surface area contributed by atoms with Crippen molar-refractivity contribution in [1.82, 2.24) is 0 Å². The second-order valence-electron chi connectivity index (χ2n) is 3.88. The summed E-state index contributed by atoms with van der Waals surface area (Å²) < 4.78 is 0. The molecule has 1 fully saturated rings. The fourth-order valence-corrected chi connectivity index (χ4v) is 2.22. The third-order valence-electron chi connectivity index (χ3n) is 2.56. The molecule has 1 nitrogen and oxygen atoms in total. The van der Waals surface area contributed by atoms with Crippen molar-refractivity contribution in [3.63, 3.8) is 0 Å². The highest BCUT2D eigenvalue weighted by Gasteiger charge is 2.59. The average Bonchev–Trinajstić information content (AvgIpc) is 2.32. The molecule has 0 unspecified atom stereocenters. The fraction of sp³-hybridized carbons (Fsp3) is 0.667. The van der Waals surface area contributed by atoms with E-state index < -0.39 is 0 Å².